The van der Waals surface area contributed by atoms with Crippen LogP contribution in [-0.4, -0.2) is 15.3 Å². The summed E-state index contributed by atoms with van der Waals surface area (Å²) in [6.45, 7) is 0. The van der Waals surface area contributed by atoms with E-state index in [1.54, 1.807) is 0 Å². The molecule has 0 radical (unpaired) electrons. The normalized spacial score (nSPS) is 18.6. The fourth-order valence-electron chi connectivity index (χ4n) is 0.260. The van der Waals surface area contributed by atoms with Gasteiger partial charge in [-0.05, 0) is 31.9 Å². The molecule has 0 saturated heterocycles. The highest BCUT2D eigenvalue weighted by atomic mass is 79.9. The van der Waals surface area contributed by atoms with Crippen LogP contribution in [0.1, 0.15) is 6.42 Å². The molecule has 0 aliphatic carbocycles. The van der Waals surface area contributed by atoms with Crippen molar-refractivity contribution in [2.45, 2.75) is 15.8 Å². The van der Waals surface area contributed by atoms with Crippen molar-refractivity contribution < 1.29 is 13.2 Å². The van der Waals surface area contributed by atoms with Crippen LogP contribution in [0.15, 0.2) is 0 Å². The van der Waals surface area contributed by atoms with Gasteiger partial charge in [-0.1, -0.05) is 0 Å². The van der Waals surface area contributed by atoms with E-state index in [2.05, 4.69) is 15.9 Å². The minimum absolute atomic E-state index is 0.164. The summed E-state index contributed by atoms with van der Waals surface area (Å²) in [7, 11) is 0. The average Bonchev–Trinajstić information content (AvgIpc) is 1.61. The zero-order chi connectivity index (χ0) is 8.41. The molecule has 0 fully saturated rings. The molecule has 0 amide bonds. The lowest BCUT2D eigenvalue weighted by Gasteiger charge is -2.21. The van der Waals surface area contributed by atoms with Crippen molar-refractivity contribution in [1.82, 2.24) is 0 Å². The topological polar surface area (TPSA) is 0 Å². The summed E-state index contributed by atoms with van der Waals surface area (Å²) >= 11 is 9.17. The molecule has 0 aromatic carbocycles. The summed E-state index contributed by atoms with van der Waals surface area (Å²) in [5, 5.41) is 0. The Morgan fingerprint density at radius 3 is 1.70 bits per heavy atom. The molecule has 0 saturated carbocycles. The first kappa shape index (κ1) is 11.0. The summed E-state index contributed by atoms with van der Waals surface area (Å²) in [4.78, 5) is -3.57. The number of rotatable bonds is 3. The number of hydrogen-bond donors (Lipinski definition) is 0. The van der Waals surface area contributed by atoms with Crippen molar-refractivity contribution in [3.63, 3.8) is 0 Å². The molecule has 0 nitrogen and oxygen atoms in total. The second-order valence-electron chi connectivity index (χ2n) is 1.64. The molecule has 0 N–H and O–H groups in total. The maximum atomic E-state index is 12.6. The van der Waals surface area contributed by atoms with Crippen LogP contribution in [0.3, 0.4) is 0 Å². The van der Waals surface area contributed by atoms with Crippen molar-refractivity contribution in [3.8, 4) is 0 Å². The lowest BCUT2D eigenvalue weighted by Crippen LogP contribution is -2.33. The average molecular weight is 304 g/mol. The van der Waals surface area contributed by atoms with Crippen molar-refractivity contribution in [2.24, 2.45) is 0 Å². The van der Waals surface area contributed by atoms with Crippen LogP contribution >= 0.6 is 43.5 Å². The summed E-state index contributed by atoms with van der Waals surface area (Å²) in [5.74, 6) is -0.164. The van der Waals surface area contributed by atoms with Crippen LogP contribution in [-0.2, 0) is 0 Å². The Labute approximate surface area is 78.4 Å². The van der Waals surface area contributed by atoms with E-state index in [9.17, 15) is 13.2 Å². The predicted octanol–water partition coefficient (Wildman–Crippen LogP) is 3.66. The van der Waals surface area contributed by atoms with Crippen molar-refractivity contribution in [3.05, 3.63) is 0 Å². The van der Waals surface area contributed by atoms with Gasteiger partial charge < -0.3 is 0 Å². The number of hydrogen-bond acceptors (Lipinski definition) is 0. The zero-order valence-electron chi connectivity index (χ0n) is 4.68. The van der Waals surface area contributed by atoms with Gasteiger partial charge >= 0.3 is 4.83 Å². The van der Waals surface area contributed by atoms with Crippen LogP contribution in [0.4, 0.5) is 13.2 Å². The van der Waals surface area contributed by atoms with Crippen molar-refractivity contribution in [1.29, 1.82) is 0 Å². The number of alkyl halides is 6. The second-order valence-corrected chi connectivity index (χ2v) is 4.27. The van der Waals surface area contributed by atoms with E-state index < -0.39 is 15.8 Å². The van der Waals surface area contributed by atoms with Crippen LogP contribution < -0.4 is 0 Å². The lowest BCUT2D eigenvalue weighted by molar-refractivity contribution is 0.00346. The molecule has 0 rings (SSSR count). The monoisotopic (exact) mass is 302 g/mol. The molecule has 62 valence electrons. The van der Waals surface area contributed by atoms with E-state index in [1.807, 2.05) is 15.9 Å². The minimum Gasteiger partial charge on any atom is -0.224 e. The fraction of sp³-hybridized carbons (Fsp3) is 1.00. The van der Waals surface area contributed by atoms with E-state index in [-0.39, 0.29) is 5.88 Å². The summed E-state index contributed by atoms with van der Waals surface area (Å²) in [6, 6.07) is 0. The molecular weight excluding hydrogens is 300 g/mol. The standard InChI is InChI=1S/C4H4Br2ClF3/c5-3(8,1-2-7)4(6,9)10/h1-2H2/t3-/m0/s1. The van der Waals surface area contributed by atoms with Gasteiger partial charge in [-0.2, -0.15) is 8.78 Å². The van der Waals surface area contributed by atoms with Crippen LogP contribution in [0.2, 0.25) is 0 Å². The Balaban J connectivity index is 4.10. The Bertz CT molecular complexity index is 112. The van der Waals surface area contributed by atoms with E-state index in [4.69, 9.17) is 11.6 Å². The highest BCUT2D eigenvalue weighted by Crippen LogP contribution is 2.45. The first-order chi connectivity index (χ1) is 4.31. The van der Waals surface area contributed by atoms with Crippen molar-refractivity contribution in [2.75, 3.05) is 5.88 Å². The molecule has 0 unspecified atom stereocenters. The Kier molecular flexibility index (Phi) is 4.00. The van der Waals surface area contributed by atoms with Crippen LogP contribution in [0.5, 0.6) is 0 Å². The van der Waals surface area contributed by atoms with E-state index in [1.165, 1.54) is 0 Å². The Morgan fingerprint density at radius 1 is 1.20 bits per heavy atom. The molecule has 6 heteroatoms. The third-order valence-corrected chi connectivity index (χ3v) is 3.07. The first-order valence-corrected chi connectivity index (χ1v) is 4.44. The quantitative estimate of drug-likeness (QED) is 0.698. The van der Waals surface area contributed by atoms with Gasteiger partial charge in [0.25, 0.3) is 0 Å². The zero-order valence-corrected chi connectivity index (χ0v) is 8.61. The van der Waals surface area contributed by atoms with Crippen LogP contribution in [0.25, 0.3) is 0 Å². The molecule has 1 atom stereocenters. The fourth-order valence-corrected chi connectivity index (χ4v) is 1.15. The summed E-state index contributed by atoms with van der Waals surface area (Å²) < 4.78 is 34.1. The van der Waals surface area contributed by atoms with Gasteiger partial charge in [0.1, 0.15) is 0 Å². The summed E-state index contributed by atoms with van der Waals surface area (Å²) in [6.07, 6.45) is -0.452. The Hall–Kier alpha value is 1.04. The Morgan fingerprint density at radius 2 is 1.60 bits per heavy atom. The molecule has 0 heterocycles. The lowest BCUT2D eigenvalue weighted by atomic mass is 10.3. The van der Waals surface area contributed by atoms with Gasteiger partial charge in [0, 0.05) is 12.3 Å². The second kappa shape index (κ2) is 3.63. The van der Waals surface area contributed by atoms with Gasteiger partial charge in [0.05, 0.1) is 0 Å². The highest BCUT2D eigenvalue weighted by molar-refractivity contribution is 9.12. The van der Waals surface area contributed by atoms with Gasteiger partial charge in [-0.3, -0.25) is 0 Å². The largest absolute Gasteiger partial charge is 0.344 e. The van der Waals surface area contributed by atoms with Crippen molar-refractivity contribution >= 4 is 43.5 Å². The van der Waals surface area contributed by atoms with Gasteiger partial charge in [0.2, 0.25) is 4.58 Å². The van der Waals surface area contributed by atoms with E-state index >= 15 is 0 Å². The van der Waals surface area contributed by atoms with Crippen LogP contribution in [0, 0.1) is 0 Å². The highest BCUT2D eigenvalue weighted by Gasteiger charge is 2.50. The maximum absolute atomic E-state index is 12.6. The molecular formula is C4H4Br2ClF3. The first-order valence-electron chi connectivity index (χ1n) is 2.32. The molecule has 10 heavy (non-hydrogen) atoms. The van der Waals surface area contributed by atoms with Gasteiger partial charge in [-0.25, -0.2) is 4.39 Å². The smallest absolute Gasteiger partial charge is 0.224 e. The third-order valence-electron chi connectivity index (χ3n) is 0.823. The third kappa shape index (κ3) is 2.96. The maximum Gasteiger partial charge on any atom is 0.344 e. The number of halogens is 6. The molecule has 0 bridgehead atoms. The molecule has 0 aliphatic heterocycles. The predicted molar refractivity (Wildman–Crippen MR) is 42.0 cm³/mol. The molecule has 0 aromatic rings. The van der Waals surface area contributed by atoms with E-state index in [0.717, 1.165) is 0 Å². The van der Waals surface area contributed by atoms with Gasteiger partial charge in [-0.15, -0.1) is 11.6 Å². The SMILES string of the molecule is FC(F)(Br)[C@](F)(Br)CCCl. The van der Waals surface area contributed by atoms with E-state index in [0.29, 0.717) is 0 Å². The molecule has 0 spiro atoms. The van der Waals surface area contributed by atoms with Gasteiger partial charge in [0.15, 0.2) is 0 Å². The summed E-state index contributed by atoms with van der Waals surface area (Å²) in [5.41, 5.74) is 0. The molecule has 0 aromatic heterocycles. The molecule has 0 aliphatic rings. The minimum atomic E-state index is -3.57.